The first-order valence-electron chi connectivity index (χ1n) is 5.55. The van der Waals surface area contributed by atoms with Crippen molar-refractivity contribution in [3.63, 3.8) is 0 Å². The van der Waals surface area contributed by atoms with Crippen LogP contribution >= 0.6 is 22.6 Å². The van der Waals surface area contributed by atoms with Crippen LogP contribution in [0.2, 0.25) is 0 Å². The van der Waals surface area contributed by atoms with Crippen LogP contribution in [-0.4, -0.2) is 34.1 Å². The third kappa shape index (κ3) is 7.96. The van der Waals surface area contributed by atoms with Crippen molar-refractivity contribution in [1.82, 2.24) is 4.90 Å². The molecule has 0 aromatic heterocycles. The minimum atomic E-state index is -0.421. The van der Waals surface area contributed by atoms with Gasteiger partial charge in [-0.2, -0.15) is 0 Å². The van der Waals surface area contributed by atoms with Gasteiger partial charge in [-0.3, -0.25) is 0 Å². The zero-order chi connectivity index (χ0) is 12.6. The molecule has 0 bridgehead atoms. The smallest absolute Gasteiger partial charge is 0.410 e. The molecule has 0 aliphatic carbocycles. The van der Waals surface area contributed by atoms with E-state index in [-0.39, 0.29) is 6.09 Å². The largest absolute Gasteiger partial charge is 0.444 e. The van der Waals surface area contributed by atoms with Gasteiger partial charge in [0.1, 0.15) is 5.60 Å². The molecule has 0 heterocycles. The maximum Gasteiger partial charge on any atom is 0.410 e. The molecule has 0 saturated heterocycles. The second-order valence-electron chi connectivity index (χ2n) is 4.54. The van der Waals surface area contributed by atoms with Crippen molar-refractivity contribution in [3.8, 4) is 0 Å². The average Bonchev–Trinajstić information content (AvgIpc) is 2.15. The maximum atomic E-state index is 11.8. The lowest BCUT2D eigenvalue weighted by Crippen LogP contribution is -2.37. The Bertz CT molecular complexity index is 234. The van der Waals surface area contributed by atoms with Gasteiger partial charge in [-0.25, -0.2) is 4.79 Å². The quantitative estimate of drug-likeness (QED) is 0.435. The monoisotopic (exact) mass is 339 g/mol. The molecule has 0 aromatic rings. The summed E-state index contributed by atoms with van der Waals surface area (Å²) < 4.78 is 6.39. The molecule has 0 atom stereocenters. The number of allylic oxidation sites excluding steroid dienone is 1. The van der Waals surface area contributed by atoms with Gasteiger partial charge < -0.3 is 9.64 Å². The third-order valence-corrected chi connectivity index (χ3v) is 2.54. The van der Waals surface area contributed by atoms with Crippen molar-refractivity contribution in [2.24, 2.45) is 0 Å². The van der Waals surface area contributed by atoms with Crippen molar-refractivity contribution in [3.05, 3.63) is 12.2 Å². The number of carbonyl (C=O) groups excluding carboxylic acids is 1. The molecule has 0 aliphatic rings. The number of hydrogen-bond donors (Lipinski definition) is 0. The number of carbonyl (C=O) groups is 1. The molecule has 0 aliphatic heterocycles. The van der Waals surface area contributed by atoms with E-state index in [0.29, 0.717) is 6.54 Å². The molecule has 0 rings (SSSR count). The summed E-state index contributed by atoms with van der Waals surface area (Å²) in [5.41, 5.74) is -0.421. The van der Waals surface area contributed by atoms with Crippen molar-refractivity contribution in [1.29, 1.82) is 0 Å². The van der Waals surface area contributed by atoms with Gasteiger partial charge in [-0.05, 0) is 34.1 Å². The number of amides is 1. The molecule has 1 amide bonds. The second-order valence-corrected chi connectivity index (χ2v) is 5.62. The molecule has 4 heteroatoms. The minimum Gasteiger partial charge on any atom is -0.444 e. The molecule has 0 aromatic carbocycles. The number of rotatable bonds is 5. The molecule has 0 spiro atoms. The van der Waals surface area contributed by atoms with E-state index in [9.17, 15) is 4.79 Å². The van der Waals surface area contributed by atoms with Gasteiger partial charge in [-0.1, -0.05) is 34.7 Å². The summed E-state index contributed by atoms with van der Waals surface area (Å²) in [6, 6.07) is 0. The van der Waals surface area contributed by atoms with Crippen LogP contribution in [-0.2, 0) is 4.74 Å². The zero-order valence-corrected chi connectivity index (χ0v) is 12.8. The van der Waals surface area contributed by atoms with Crippen LogP contribution in [0.4, 0.5) is 4.79 Å². The highest BCUT2D eigenvalue weighted by Crippen LogP contribution is 2.10. The lowest BCUT2D eigenvalue weighted by atomic mass is 10.2. The molecular formula is C12H22INO2. The SMILES string of the molecule is CC=CCN(CCCI)C(=O)OC(C)(C)C. The van der Waals surface area contributed by atoms with Gasteiger partial charge in [0, 0.05) is 17.5 Å². The first kappa shape index (κ1) is 15.7. The Labute approximate surface area is 112 Å². The summed E-state index contributed by atoms with van der Waals surface area (Å²) in [4.78, 5) is 13.6. The number of hydrogen-bond acceptors (Lipinski definition) is 2. The van der Waals surface area contributed by atoms with Crippen molar-refractivity contribution < 1.29 is 9.53 Å². The van der Waals surface area contributed by atoms with Gasteiger partial charge in [0.25, 0.3) is 0 Å². The van der Waals surface area contributed by atoms with Gasteiger partial charge in [0.05, 0.1) is 0 Å². The first-order valence-corrected chi connectivity index (χ1v) is 7.08. The molecular weight excluding hydrogens is 317 g/mol. The summed E-state index contributed by atoms with van der Waals surface area (Å²) >= 11 is 2.31. The molecule has 0 fully saturated rings. The average molecular weight is 339 g/mol. The molecule has 0 saturated carbocycles. The number of ether oxygens (including phenoxy) is 1. The number of alkyl halides is 1. The van der Waals surface area contributed by atoms with Crippen LogP contribution in [0.5, 0.6) is 0 Å². The van der Waals surface area contributed by atoms with E-state index in [2.05, 4.69) is 22.6 Å². The second kappa shape index (κ2) is 7.92. The van der Waals surface area contributed by atoms with E-state index in [1.807, 2.05) is 39.8 Å². The predicted octanol–water partition coefficient (Wildman–Crippen LogP) is 3.62. The lowest BCUT2D eigenvalue weighted by Gasteiger charge is -2.26. The highest BCUT2D eigenvalue weighted by atomic mass is 127. The molecule has 0 N–H and O–H groups in total. The van der Waals surface area contributed by atoms with E-state index in [0.717, 1.165) is 17.4 Å². The van der Waals surface area contributed by atoms with E-state index >= 15 is 0 Å². The topological polar surface area (TPSA) is 29.5 Å². The van der Waals surface area contributed by atoms with Gasteiger partial charge >= 0.3 is 6.09 Å². The fourth-order valence-electron chi connectivity index (χ4n) is 1.07. The van der Waals surface area contributed by atoms with Crippen LogP contribution in [0.3, 0.4) is 0 Å². The van der Waals surface area contributed by atoms with Crippen LogP contribution in [0.15, 0.2) is 12.2 Å². The van der Waals surface area contributed by atoms with E-state index in [4.69, 9.17) is 4.74 Å². The lowest BCUT2D eigenvalue weighted by molar-refractivity contribution is 0.0272. The minimum absolute atomic E-state index is 0.226. The van der Waals surface area contributed by atoms with Crippen LogP contribution < -0.4 is 0 Å². The molecule has 0 radical (unpaired) electrons. The molecule has 16 heavy (non-hydrogen) atoms. The van der Waals surface area contributed by atoms with E-state index < -0.39 is 5.60 Å². The van der Waals surface area contributed by atoms with Gasteiger partial charge in [-0.15, -0.1) is 0 Å². The van der Waals surface area contributed by atoms with Crippen LogP contribution in [0.1, 0.15) is 34.1 Å². The third-order valence-electron chi connectivity index (χ3n) is 1.77. The fourth-order valence-corrected chi connectivity index (χ4v) is 1.41. The molecule has 3 nitrogen and oxygen atoms in total. The van der Waals surface area contributed by atoms with Crippen molar-refractivity contribution in [2.75, 3.05) is 17.5 Å². The van der Waals surface area contributed by atoms with E-state index in [1.54, 1.807) is 4.90 Å². The normalized spacial score (nSPS) is 11.8. The summed E-state index contributed by atoms with van der Waals surface area (Å²) in [6.45, 7) is 8.99. The summed E-state index contributed by atoms with van der Waals surface area (Å²) in [7, 11) is 0. The maximum absolute atomic E-state index is 11.8. The van der Waals surface area contributed by atoms with Crippen molar-refractivity contribution in [2.45, 2.75) is 39.7 Å². The fraction of sp³-hybridized carbons (Fsp3) is 0.750. The van der Waals surface area contributed by atoms with Crippen LogP contribution in [0, 0.1) is 0 Å². The summed E-state index contributed by atoms with van der Waals surface area (Å²) in [5, 5.41) is 0. The highest BCUT2D eigenvalue weighted by Gasteiger charge is 2.20. The van der Waals surface area contributed by atoms with Gasteiger partial charge in [0.2, 0.25) is 0 Å². The Kier molecular flexibility index (Phi) is 7.80. The van der Waals surface area contributed by atoms with E-state index in [1.165, 1.54) is 0 Å². The Morgan fingerprint density at radius 1 is 1.44 bits per heavy atom. The number of halogens is 1. The summed E-state index contributed by atoms with van der Waals surface area (Å²) in [6.07, 6.45) is 4.69. The Balaban J connectivity index is 4.31. The van der Waals surface area contributed by atoms with Gasteiger partial charge in [0.15, 0.2) is 0 Å². The summed E-state index contributed by atoms with van der Waals surface area (Å²) in [5.74, 6) is 0. The molecule has 94 valence electrons. The highest BCUT2D eigenvalue weighted by molar-refractivity contribution is 14.1. The standard InChI is InChI=1S/C12H22INO2/c1-5-6-9-14(10-7-8-13)11(15)16-12(2,3)4/h5-6H,7-10H2,1-4H3. The first-order chi connectivity index (χ1) is 7.40. The van der Waals surface area contributed by atoms with Crippen molar-refractivity contribution >= 4 is 28.7 Å². The Morgan fingerprint density at radius 2 is 2.06 bits per heavy atom. The molecule has 0 unspecified atom stereocenters. The Hall–Kier alpha value is -0.260. The van der Waals surface area contributed by atoms with Crippen LogP contribution in [0.25, 0.3) is 0 Å². The number of nitrogens with zero attached hydrogens (tertiary/aromatic N) is 1. The zero-order valence-electron chi connectivity index (χ0n) is 10.6. The predicted molar refractivity (Wildman–Crippen MR) is 76.1 cm³/mol. The Morgan fingerprint density at radius 3 is 2.50 bits per heavy atom.